The van der Waals surface area contributed by atoms with Crippen molar-refractivity contribution >= 4 is 5.69 Å². The molecule has 0 N–H and O–H groups in total. The summed E-state index contributed by atoms with van der Waals surface area (Å²) >= 11 is 0. The monoisotopic (exact) mass is 330 g/mol. The van der Waals surface area contributed by atoms with Crippen LogP contribution in [0.5, 0.6) is 11.5 Å². The minimum absolute atomic E-state index is 0.123. The summed E-state index contributed by atoms with van der Waals surface area (Å²) in [5.74, 6) is 1.55. The Morgan fingerprint density at radius 1 is 1.46 bits per heavy atom. The molecule has 1 atom stereocenters. The topological polar surface area (TPSA) is 83.6 Å². The summed E-state index contributed by atoms with van der Waals surface area (Å²) in [6.07, 6.45) is 3.73. The summed E-state index contributed by atoms with van der Waals surface area (Å²) in [6, 6.07) is 5.08. The normalized spacial score (nSPS) is 15.7. The van der Waals surface area contributed by atoms with Gasteiger partial charge in [-0.3, -0.25) is 14.9 Å². The molecular weight excluding hydrogens is 312 g/mol. The van der Waals surface area contributed by atoms with Crippen molar-refractivity contribution < 1.29 is 14.4 Å². The van der Waals surface area contributed by atoms with Crippen molar-refractivity contribution in [3.63, 3.8) is 0 Å². The van der Waals surface area contributed by atoms with Crippen LogP contribution < -0.4 is 14.9 Å². The van der Waals surface area contributed by atoms with Crippen LogP contribution in [0.3, 0.4) is 0 Å². The molecule has 1 aromatic carbocycles. The SMILES string of the molecule is CCOc1cc2c(cc1Cn1ccc(=O)c([N+](=O)[O-])c1)O[C@@H](C)C2. The lowest BCUT2D eigenvalue weighted by atomic mass is 10.1. The standard InChI is InChI=1S/C17H18N2O5/c1-3-23-16-7-12-6-11(2)24-17(12)8-13(16)9-18-5-4-15(20)14(10-18)19(21)22/h4-5,7-8,10-11H,3,6,9H2,1-2H3/t11-/m0/s1. The van der Waals surface area contributed by atoms with Crippen molar-refractivity contribution in [3.8, 4) is 11.5 Å². The highest BCUT2D eigenvalue weighted by Gasteiger charge is 2.22. The van der Waals surface area contributed by atoms with Crippen LogP contribution in [-0.4, -0.2) is 22.2 Å². The van der Waals surface area contributed by atoms with Crippen LogP contribution in [0.25, 0.3) is 0 Å². The van der Waals surface area contributed by atoms with Gasteiger partial charge >= 0.3 is 5.69 Å². The third-order valence-corrected chi connectivity index (χ3v) is 3.89. The van der Waals surface area contributed by atoms with E-state index in [2.05, 4.69) is 0 Å². The van der Waals surface area contributed by atoms with E-state index in [0.717, 1.165) is 29.0 Å². The van der Waals surface area contributed by atoms with Gasteiger partial charge in [0, 0.05) is 29.8 Å². The fourth-order valence-electron chi connectivity index (χ4n) is 2.84. The van der Waals surface area contributed by atoms with Crippen molar-refractivity contribution in [1.82, 2.24) is 4.57 Å². The fraction of sp³-hybridized carbons (Fsp3) is 0.353. The smallest absolute Gasteiger partial charge is 0.332 e. The maximum Gasteiger partial charge on any atom is 0.332 e. The molecule has 0 spiro atoms. The first-order valence-corrected chi connectivity index (χ1v) is 7.77. The highest BCUT2D eigenvalue weighted by atomic mass is 16.6. The number of benzene rings is 1. The molecule has 0 aliphatic carbocycles. The van der Waals surface area contributed by atoms with Gasteiger partial charge in [0.25, 0.3) is 5.43 Å². The van der Waals surface area contributed by atoms with Gasteiger partial charge in [-0.1, -0.05) is 0 Å². The molecule has 2 aromatic rings. The molecule has 7 heteroatoms. The molecule has 0 saturated carbocycles. The summed E-state index contributed by atoms with van der Waals surface area (Å²) in [5.41, 5.74) is 0.900. The van der Waals surface area contributed by atoms with Crippen LogP contribution in [-0.2, 0) is 13.0 Å². The molecule has 1 aromatic heterocycles. The van der Waals surface area contributed by atoms with Gasteiger partial charge < -0.3 is 14.0 Å². The number of nitro groups is 1. The second-order valence-corrected chi connectivity index (χ2v) is 5.76. The van der Waals surface area contributed by atoms with Gasteiger partial charge in [-0.15, -0.1) is 0 Å². The molecule has 0 unspecified atom stereocenters. The molecule has 0 bridgehead atoms. The molecule has 24 heavy (non-hydrogen) atoms. The Balaban J connectivity index is 1.98. The van der Waals surface area contributed by atoms with Gasteiger partial charge in [-0.2, -0.15) is 0 Å². The van der Waals surface area contributed by atoms with Gasteiger partial charge in [-0.05, 0) is 26.0 Å². The molecule has 1 aliphatic heterocycles. The summed E-state index contributed by atoms with van der Waals surface area (Å²) in [6.45, 7) is 4.78. The second-order valence-electron chi connectivity index (χ2n) is 5.76. The van der Waals surface area contributed by atoms with Gasteiger partial charge in [0.05, 0.1) is 24.3 Å². The van der Waals surface area contributed by atoms with Crippen LogP contribution in [0.1, 0.15) is 25.0 Å². The number of rotatable bonds is 5. The predicted molar refractivity (Wildman–Crippen MR) is 87.9 cm³/mol. The van der Waals surface area contributed by atoms with Gasteiger partial charge in [0.2, 0.25) is 0 Å². The summed E-state index contributed by atoms with van der Waals surface area (Å²) in [4.78, 5) is 21.8. The Morgan fingerprint density at radius 2 is 2.25 bits per heavy atom. The van der Waals surface area contributed by atoms with Crippen LogP contribution in [0, 0.1) is 10.1 Å². The highest BCUT2D eigenvalue weighted by molar-refractivity contribution is 5.49. The van der Waals surface area contributed by atoms with Crippen LogP contribution in [0.4, 0.5) is 5.69 Å². The number of fused-ring (bicyclic) bond motifs is 1. The van der Waals surface area contributed by atoms with E-state index in [0.29, 0.717) is 13.2 Å². The lowest BCUT2D eigenvalue weighted by Gasteiger charge is -2.14. The maximum absolute atomic E-state index is 11.5. The van der Waals surface area contributed by atoms with E-state index < -0.39 is 16.0 Å². The van der Waals surface area contributed by atoms with E-state index in [1.165, 1.54) is 18.5 Å². The first kappa shape index (κ1) is 16.0. The van der Waals surface area contributed by atoms with Crippen LogP contribution in [0.2, 0.25) is 0 Å². The zero-order chi connectivity index (χ0) is 17.3. The van der Waals surface area contributed by atoms with Gasteiger partial charge in [0.1, 0.15) is 17.6 Å². The average Bonchev–Trinajstić information content (AvgIpc) is 2.88. The zero-order valence-corrected chi connectivity index (χ0v) is 13.5. The van der Waals surface area contributed by atoms with E-state index in [1.54, 1.807) is 4.57 Å². The summed E-state index contributed by atoms with van der Waals surface area (Å²) in [5, 5.41) is 10.9. The van der Waals surface area contributed by atoms with Gasteiger partial charge in [0.15, 0.2) is 0 Å². The van der Waals surface area contributed by atoms with Crippen LogP contribution >= 0.6 is 0 Å². The lowest BCUT2D eigenvalue weighted by molar-refractivity contribution is -0.386. The number of hydrogen-bond acceptors (Lipinski definition) is 5. The first-order chi connectivity index (χ1) is 11.5. The molecule has 126 valence electrons. The molecule has 0 fully saturated rings. The number of ether oxygens (including phenoxy) is 2. The van der Waals surface area contributed by atoms with Crippen molar-refractivity contribution in [2.45, 2.75) is 32.9 Å². The molecule has 3 rings (SSSR count). The quantitative estimate of drug-likeness (QED) is 0.621. The Labute approximate surface area is 138 Å². The molecule has 0 amide bonds. The molecule has 0 radical (unpaired) electrons. The van der Waals surface area contributed by atoms with Crippen molar-refractivity contribution in [1.29, 1.82) is 0 Å². The van der Waals surface area contributed by atoms with E-state index in [1.807, 2.05) is 26.0 Å². The zero-order valence-electron chi connectivity index (χ0n) is 13.5. The molecule has 2 heterocycles. The lowest BCUT2D eigenvalue weighted by Crippen LogP contribution is -2.12. The third-order valence-electron chi connectivity index (χ3n) is 3.89. The molecular formula is C17H18N2O5. The second kappa shape index (κ2) is 6.35. The highest BCUT2D eigenvalue weighted by Crippen LogP contribution is 2.35. The Kier molecular flexibility index (Phi) is 4.24. The van der Waals surface area contributed by atoms with Crippen molar-refractivity contribution in [3.05, 3.63) is 62.1 Å². The molecule has 7 nitrogen and oxygen atoms in total. The maximum atomic E-state index is 11.5. The van der Waals surface area contributed by atoms with Crippen LogP contribution in [0.15, 0.2) is 35.4 Å². The predicted octanol–water partition coefficient (Wildman–Crippen LogP) is 2.53. The summed E-state index contributed by atoms with van der Waals surface area (Å²) < 4.78 is 13.1. The molecule has 0 saturated heterocycles. The Hall–Kier alpha value is -2.83. The van der Waals surface area contributed by atoms with E-state index in [-0.39, 0.29) is 6.10 Å². The van der Waals surface area contributed by atoms with E-state index >= 15 is 0 Å². The van der Waals surface area contributed by atoms with Gasteiger partial charge in [-0.25, -0.2) is 0 Å². The number of aromatic nitrogens is 1. The Bertz CT molecular complexity index is 843. The molecule has 1 aliphatic rings. The number of pyridine rings is 1. The van der Waals surface area contributed by atoms with E-state index in [9.17, 15) is 14.9 Å². The van der Waals surface area contributed by atoms with E-state index in [4.69, 9.17) is 9.47 Å². The summed E-state index contributed by atoms with van der Waals surface area (Å²) in [7, 11) is 0. The minimum Gasteiger partial charge on any atom is -0.494 e. The Morgan fingerprint density at radius 3 is 2.96 bits per heavy atom. The largest absolute Gasteiger partial charge is 0.494 e. The fourth-order valence-corrected chi connectivity index (χ4v) is 2.84. The first-order valence-electron chi connectivity index (χ1n) is 7.77. The minimum atomic E-state index is -0.671. The van der Waals surface area contributed by atoms with Crippen molar-refractivity contribution in [2.75, 3.05) is 6.61 Å². The van der Waals surface area contributed by atoms with Crippen molar-refractivity contribution in [2.24, 2.45) is 0 Å². The number of hydrogen-bond donors (Lipinski definition) is 0. The average molecular weight is 330 g/mol. The number of nitrogens with zero attached hydrogens (tertiary/aromatic N) is 2. The third kappa shape index (κ3) is 3.10.